The second-order valence-electron chi connectivity index (χ2n) is 5.37. The van der Waals surface area contributed by atoms with Crippen LogP contribution in [-0.4, -0.2) is 45.6 Å². The molecule has 0 bridgehead atoms. The van der Waals surface area contributed by atoms with Gasteiger partial charge in [-0.15, -0.1) is 0 Å². The van der Waals surface area contributed by atoms with E-state index in [2.05, 4.69) is 10.4 Å². The summed E-state index contributed by atoms with van der Waals surface area (Å²) in [5.74, 6) is -0.208. The van der Waals surface area contributed by atoms with Gasteiger partial charge in [0.2, 0.25) is 0 Å². The van der Waals surface area contributed by atoms with Gasteiger partial charge >= 0.3 is 6.03 Å². The van der Waals surface area contributed by atoms with E-state index >= 15 is 0 Å². The van der Waals surface area contributed by atoms with Crippen LogP contribution in [0.3, 0.4) is 0 Å². The predicted molar refractivity (Wildman–Crippen MR) is 80.1 cm³/mol. The van der Waals surface area contributed by atoms with Gasteiger partial charge in [0.25, 0.3) is 5.91 Å². The van der Waals surface area contributed by atoms with Crippen molar-refractivity contribution < 1.29 is 9.59 Å². The zero-order chi connectivity index (χ0) is 15.7. The number of nitrogens with two attached hydrogens (primary N) is 2. The van der Waals surface area contributed by atoms with E-state index in [1.165, 1.54) is 11.1 Å². The third-order valence-corrected chi connectivity index (χ3v) is 3.90. The monoisotopic (exact) mass is 302 g/mol. The smallest absolute Gasteiger partial charge is 0.314 e. The van der Waals surface area contributed by atoms with Crippen LogP contribution in [-0.2, 0) is 6.54 Å². The summed E-state index contributed by atoms with van der Waals surface area (Å²) in [6.45, 7) is 1.40. The summed E-state index contributed by atoms with van der Waals surface area (Å²) >= 11 is 0. The van der Waals surface area contributed by atoms with Crippen molar-refractivity contribution in [3.63, 3.8) is 0 Å². The minimum absolute atomic E-state index is 0.0901. The molecule has 3 amide bonds. The molecule has 8 nitrogen and oxygen atoms in total. The normalized spacial score (nSPS) is 17.9. The number of urea groups is 1. The Morgan fingerprint density at radius 1 is 1.45 bits per heavy atom. The highest BCUT2D eigenvalue weighted by molar-refractivity contribution is 6.00. The molecule has 0 spiro atoms. The van der Waals surface area contributed by atoms with Gasteiger partial charge in [-0.2, -0.15) is 5.10 Å². The molecule has 22 heavy (non-hydrogen) atoms. The Hall–Kier alpha value is -2.61. The fraction of sp³-hybridized carbons (Fsp3) is 0.357. The highest BCUT2D eigenvalue weighted by atomic mass is 16.2. The quantitative estimate of drug-likeness (QED) is 0.719. The fourth-order valence-electron chi connectivity index (χ4n) is 2.67. The molecule has 8 heteroatoms. The van der Waals surface area contributed by atoms with Gasteiger partial charge in [0.1, 0.15) is 0 Å². The number of aromatic nitrogens is 2. The van der Waals surface area contributed by atoms with Crippen LogP contribution in [0, 0.1) is 0 Å². The molecule has 0 saturated carbocycles. The standard InChI is InChI=1S/C14H18N6O2/c15-6-9-1-4-20-12(5-9)11(7-17-20)13(21)18-10-2-3-19(8-10)14(16)22/h1,4-5,7,10H,2-3,6,8,15H2,(H2,16,22)(H,18,21). The molecule has 1 unspecified atom stereocenters. The van der Waals surface area contributed by atoms with Crippen LogP contribution >= 0.6 is 0 Å². The van der Waals surface area contributed by atoms with Crippen molar-refractivity contribution in [1.29, 1.82) is 0 Å². The number of primary amides is 1. The number of hydrogen-bond donors (Lipinski definition) is 3. The first kappa shape index (κ1) is 14.3. The SMILES string of the molecule is NCc1ccn2ncc(C(=O)NC3CCN(C(N)=O)C3)c2c1. The number of pyridine rings is 1. The largest absolute Gasteiger partial charge is 0.351 e. The number of amides is 3. The van der Waals surface area contributed by atoms with Crippen molar-refractivity contribution in [3.8, 4) is 0 Å². The molecule has 116 valence electrons. The molecule has 1 saturated heterocycles. The number of carbonyl (C=O) groups excluding carboxylic acids is 2. The van der Waals surface area contributed by atoms with Crippen LogP contribution in [0.2, 0.25) is 0 Å². The maximum atomic E-state index is 12.4. The van der Waals surface area contributed by atoms with Gasteiger partial charge < -0.3 is 21.7 Å². The molecule has 3 rings (SSSR count). The first-order valence-electron chi connectivity index (χ1n) is 7.10. The van der Waals surface area contributed by atoms with Crippen LogP contribution in [0.1, 0.15) is 22.3 Å². The fourth-order valence-corrected chi connectivity index (χ4v) is 2.67. The summed E-state index contributed by atoms with van der Waals surface area (Å²) in [4.78, 5) is 25.1. The minimum Gasteiger partial charge on any atom is -0.351 e. The second-order valence-corrected chi connectivity index (χ2v) is 5.37. The average molecular weight is 302 g/mol. The van der Waals surface area contributed by atoms with E-state index in [4.69, 9.17) is 11.5 Å². The van der Waals surface area contributed by atoms with Crippen LogP contribution in [0.25, 0.3) is 5.52 Å². The van der Waals surface area contributed by atoms with Crippen molar-refractivity contribution in [2.24, 2.45) is 11.5 Å². The molecule has 2 aromatic heterocycles. The molecule has 0 aliphatic carbocycles. The molecule has 1 aliphatic rings. The topological polar surface area (TPSA) is 119 Å². The number of hydrogen-bond acceptors (Lipinski definition) is 4. The number of nitrogens with zero attached hydrogens (tertiary/aromatic N) is 3. The van der Waals surface area contributed by atoms with Crippen LogP contribution in [0.4, 0.5) is 4.79 Å². The predicted octanol–water partition coefficient (Wildman–Crippen LogP) is -0.324. The molecule has 0 aromatic carbocycles. The van der Waals surface area contributed by atoms with E-state index in [9.17, 15) is 9.59 Å². The summed E-state index contributed by atoms with van der Waals surface area (Å²) in [5.41, 5.74) is 13.0. The molecule has 5 N–H and O–H groups in total. The van der Waals surface area contributed by atoms with Gasteiger partial charge in [-0.3, -0.25) is 4.79 Å². The Labute approximate surface area is 127 Å². The van der Waals surface area contributed by atoms with Gasteiger partial charge in [-0.25, -0.2) is 9.31 Å². The Morgan fingerprint density at radius 3 is 2.95 bits per heavy atom. The van der Waals surface area contributed by atoms with Crippen molar-refractivity contribution in [3.05, 3.63) is 35.7 Å². The second kappa shape index (κ2) is 5.64. The Bertz CT molecular complexity index is 725. The van der Waals surface area contributed by atoms with Crippen LogP contribution < -0.4 is 16.8 Å². The van der Waals surface area contributed by atoms with E-state index in [1.54, 1.807) is 10.7 Å². The van der Waals surface area contributed by atoms with E-state index in [0.29, 0.717) is 37.1 Å². The number of rotatable bonds is 3. The highest BCUT2D eigenvalue weighted by Crippen LogP contribution is 2.14. The van der Waals surface area contributed by atoms with Crippen LogP contribution in [0.15, 0.2) is 24.5 Å². The average Bonchev–Trinajstić information content (AvgIpc) is 3.12. The molecule has 1 fully saturated rings. The molecule has 1 aliphatic heterocycles. The summed E-state index contributed by atoms with van der Waals surface area (Å²) in [6, 6.07) is 3.17. The summed E-state index contributed by atoms with van der Waals surface area (Å²) < 4.78 is 1.64. The number of fused-ring (bicyclic) bond motifs is 1. The molecule has 2 aromatic rings. The van der Waals surface area contributed by atoms with E-state index in [-0.39, 0.29) is 11.9 Å². The molecule has 3 heterocycles. The van der Waals surface area contributed by atoms with Crippen molar-refractivity contribution >= 4 is 17.5 Å². The Balaban J connectivity index is 1.77. The van der Waals surface area contributed by atoms with E-state index in [0.717, 1.165) is 5.56 Å². The van der Waals surface area contributed by atoms with Crippen molar-refractivity contribution in [2.75, 3.05) is 13.1 Å². The zero-order valence-corrected chi connectivity index (χ0v) is 12.0. The van der Waals surface area contributed by atoms with Gasteiger partial charge in [0.05, 0.1) is 17.3 Å². The van der Waals surface area contributed by atoms with Gasteiger partial charge in [0.15, 0.2) is 0 Å². The lowest BCUT2D eigenvalue weighted by Crippen LogP contribution is -2.40. The number of likely N-dealkylation sites (tertiary alicyclic amines) is 1. The Kier molecular flexibility index (Phi) is 3.68. The lowest BCUT2D eigenvalue weighted by molar-refractivity contribution is 0.0939. The van der Waals surface area contributed by atoms with Crippen molar-refractivity contribution in [2.45, 2.75) is 19.0 Å². The first-order valence-corrected chi connectivity index (χ1v) is 7.10. The minimum atomic E-state index is -0.458. The number of carbonyl (C=O) groups is 2. The molecule has 1 atom stereocenters. The third-order valence-electron chi connectivity index (χ3n) is 3.90. The summed E-state index contributed by atoms with van der Waals surface area (Å²) in [5, 5.41) is 7.09. The summed E-state index contributed by atoms with van der Waals surface area (Å²) in [6.07, 6.45) is 4.01. The van der Waals surface area contributed by atoms with Gasteiger partial charge in [-0.1, -0.05) is 0 Å². The lowest BCUT2D eigenvalue weighted by atomic mass is 10.2. The highest BCUT2D eigenvalue weighted by Gasteiger charge is 2.27. The van der Waals surface area contributed by atoms with E-state index < -0.39 is 6.03 Å². The number of nitrogens with one attached hydrogen (secondary N) is 1. The summed E-state index contributed by atoms with van der Waals surface area (Å²) in [7, 11) is 0. The first-order chi connectivity index (χ1) is 10.6. The molecular formula is C14H18N6O2. The zero-order valence-electron chi connectivity index (χ0n) is 12.0. The van der Waals surface area contributed by atoms with Crippen LogP contribution in [0.5, 0.6) is 0 Å². The van der Waals surface area contributed by atoms with Gasteiger partial charge in [0, 0.05) is 31.9 Å². The third kappa shape index (κ3) is 2.60. The van der Waals surface area contributed by atoms with E-state index in [1.807, 2.05) is 12.1 Å². The van der Waals surface area contributed by atoms with Crippen molar-refractivity contribution in [1.82, 2.24) is 19.8 Å². The maximum absolute atomic E-state index is 12.4. The maximum Gasteiger partial charge on any atom is 0.314 e. The Morgan fingerprint density at radius 2 is 2.27 bits per heavy atom. The molecular weight excluding hydrogens is 284 g/mol. The lowest BCUT2D eigenvalue weighted by Gasteiger charge is -2.14. The molecule has 0 radical (unpaired) electrons. The van der Waals surface area contributed by atoms with Gasteiger partial charge in [-0.05, 0) is 24.1 Å².